The fraction of sp³-hybridized carbons (Fsp3) is 0.750. The van der Waals surface area contributed by atoms with Crippen LogP contribution in [0.4, 0.5) is 0 Å². The zero-order valence-corrected chi connectivity index (χ0v) is 9.77. The maximum Gasteiger partial charge on any atom is 0.231 e. The number of carbonyl (C=O) groups is 1. The van der Waals surface area contributed by atoms with E-state index in [0.29, 0.717) is 5.91 Å². The lowest BCUT2D eigenvalue weighted by Crippen LogP contribution is -2.75. The molecule has 0 spiro atoms. The van der Waals surface area contributed by atoms with Crippen LogP contribution in [0.15, 0.2) is 11.1 Å². The van der Waals surface area contributed by atoms with Crippen molar-refractivity contribution in [3.8, 4) is 0 Å². The number of carbonyl (C=O) groups excluding carboxylic acids is 1. The number of hydrogen-bond donors (Lipinski definition) is 0. The summed E-state index contributed by atoms with van der Waals surface area (Å²) >= 11 is 0. The van der Waals surface area contributed by atoms with Crippen LogP contribution in [0.5, 0.6) is 0 Å². The van der Waals surface area contributed by atoms with Gasteiger partial charge in [0.15, 0.2) is 0 Å². The summed E-state index contributed by atoms with van der Waals surface area (Å²) in [5.74, 6) is 0.312. The zero-order valence-electron chi connectivity index (χ0n) is 9.77. The molecule has 2 heteroatoms. The average Bonchev–Trinajstić information content (AvgIpc) is 2.13. The molecule has 0 aromatic carbocycles. The second kappa shape index (κ2) is 2.41. The van der Waals surface area contributed by atoms with Crippen LogP contribution in [0.2, 0.25) is 0 Å². The van der Waals surface area contributed by atoms with E-state index in [1.54, 1.807) is 0 Å². The zero-order chi connectivity index (χ0) is 10.7. The van der Waals surface area contributed by atoms with Gasteiger partial charge in [-0.15, -0.1) is 0 Å². The van der Waals surface area contributed by atoms with E-state index in [4.69, 9.17) is 0 Å². The number of β-lactam (4-membered cyclic amide) rings is 1. The third-order valence-electron chi connectivity index (χ3n) is 4.66. The fourth-order valence-electron chi connectivity index (χ4n) is 3.07. The molecule has 1 amide bonds. The summed E-state index contributed by atoms with van der Waals surface area (Å²) in [5, 5.41) is 0. The molecule has 1 saturated heterocycles. The molecule has 1 heterocycles. The van der Waals surface area contributed by atoms with E-state index in [-0.39, 0.29) is 11.0 Å². The lowest BCUT2D eigenvalue weighted by atomic mass is 9.54. The van der Waals surface area contributed by atoms with Crippen LogP contribution < -0.4 is 0 Å². The summed E-state index contributed by atoms with van der Waals surface area (Å²) in [6.07, 6.45) is 1.98. The first-order valence-corrected chi connectivity index (χ1v) is 5.26. The Morgan fingerprint density at radius 3 is 2.21 bits per heavy atom. The Bertz CT molecular complexity index is 344. The quantitative estimate of drug-likeness (QED) is 0.427. The van der Waals surface area contributed by atoms with Gasteiger partial charge in [-0.25, -0.2) is 0 Å². The van der Waals surface area contributed by atoms with Crippen molar-refractivity contribution in [2.45, 2.75) is 46.1 Å². The van der Waals surface area contributed by atoms with Crippen molar-refractivity contribution in [3.05, 3.63) is 11.1 Å². The summed E-state index contributed by atoms with van der Waals surface area (Å²) in [7, 11) is 1.93. The molecule has 0 aromatic rings. The van der Waals surface area contributed by atoms with Gasteiger partial charge in [-0.1, -0.05) is 11.1 Å². The van der Waals surface area contributed by atoms with E-state index in [1.165, 1.54) is 11.1 Å². The van der Waals surface area contributed by atoms with E-state index in [9.17, 15) is 4.79 Å². The van der Waals surface area contributed by atoms with Crippen molar-refractivity contribution in [2.24, 2.45) is 5.41 Å². The molecule has 78 valence electrons. The number of hydrogen-bond acceptors (Lipinski definition) is 1. The molecular formula is C12H19NO. The highest BCUT2D eigenvalue weighted by Gasteiger charge is 2.65. The van der Waals surface area contributed by atoms with Gasteiger partial charge in [0.25, 0.3) is 0 Å². The van der Waals surface area contributed by atoms with Crippen LogP contribution >= 0.6 is 0 Å². The van der Waals surface area contributed by atoms with E-state index in [0.717, 1.165) is 12.8 Å². The molecule has 1 aliphatic heterocycles. The van der Waals surface area contributed by atoms with Crippen LogP contribution in [0.1, 0.15) is 40.5 Å². The monoisotopic (exact) mass is 193 g/mol. The Hall–Kier alpha value is -0.790. The van der Waals surface area contributed by atoms with E-state index < -0.39 is 0 Å². The van der Waals surface area contributed by atoms with E-state index in [1.807, 2.05) is 11.9 Å². The molecule has 0 bridgehead atoms. The molecule has 0 unspecified atom stereocenters. The third kappa shape index (κ3) is 0.800. The van der Waals surface area contributed by atoms with Crippen LogP contribution in [-0.4, -0.2) is 23.4 Å². The van der Waals surface area contributed by atoms with E-state index >= 15 is 0 Å². The highest BCUT2D eigenvalue weighted by Crippen LogP contribution is 2.57. The van der Waals surface area contributed by atoms with Crippen LogP contribution in [-0.2, 0) is 4.79 Å². The molecule has 1 fully saturated rings. The molecule has 14 heavy (non-hydrogen) atoms. The van der Waals surface area contributed by atoms with Gasteiger partial charge in [-0.3, -0.25) is 4.79 Å². The Balaban J connectivity index is 2.45. The summed E-state index contributed by atoms with van der Waals surface area (Å²) in [4.78, 5) is 13.8. The predicted molar refractivity (Wildman–Crippen MR) is 56.9 cm³/mol. The SMILES string of the molecule is CC1=C(C)C[C@]2(C)C(=O)N(C)[C@]2(C)C1. The Labute approximate surface area is 86.0 Å². The summed E-state index contributed by atoms with van der Waals surface area (Å²) in [6, 6.07) is 0. The number of fused-ring (bicyclic) bond motifs is 1. The molecular weight excluding hydrogens is 174 g/mol. The minimum Gasteiger partial charge on any atom is -0.338 e. The fourth-order valence-corrected chi connectivity index (χ4v) is 3.07. The van der Waals surface area contributed by atoms with Gasteiger partial charge in [0.2, 0.25) is 5.91 Å². The molecule has 1 aliphatic carbocycles. The van der Waals surface area contributed by atoms with Crippen LogP contribution in [0.3, 0.4) is 0 Å². The van der Waals surface area contributed by atoms with Crippen molar-refractivity contribution >= 4 is 5.91 Å². The van der Waals surface area contributed by atoms with Crippen molar-refractivity contribution < 1.29 is 4.79 Å². The molecule has 0 saturated carbocycles. The highest BCUT2D eigenvalue weighted by atomic mass is 16.2. The minimum atomic E-state index is -0.134. The molecule has 0 N–H and O–H groups in total. The largest absolute Gasteiger partial charge is 0.338 e. The van der Waals surface area contributed by atoms with Crippen molar-refractivity contribution in [1.29, 1.82) is 0 Å². The second-order valence-corrected chi connectivity index (χ2v) is 5.38. The van der Waals surface area contributed by atoms with Gasteiger partial charge in [-0.05, 0) is 40.5 Å². The van der Waals surface area contributed by atoms with Crippen LogP contribution in [0.25, 0.3) is 0 Å². The Morgan fingerprint density at radius 1 is 1.14 bits per heavy atom. The highest BCUT2D eigenvalue weighted by molar-refractivity contribution is 5.92. The smallest absolute Gasteiger partial charge is 0.231 e. The first-order chi connectivity index (χ1) is 6.33. The van der Waals surface area contributed by atoms with Gasteiger partial charge in [-0.2, -0.15) is 0 Å². The second-order valence-electron chi connectivity index (χ2n) is 5.38. The molecule has 2 aliphatic rings. The van der Waals surface area contributed by atoms with Crippen molar-refractivity contribution in [1.82, 2.24) is 4.90 Å². The lowest BCUT2D eigenvalue weighted by molar-refractivity contribution is -0.185. The summed E-state index contributed by atoms with van der Waals surface area (Å²) < 4.78 is 0. The topological polar surface area (TPSA) is 20.3 Å². The number of nitrogens with zero attached hydrogens (tertiary/aromatic N) is 1. The molecule has 0 radical (unpaired) electrons. The first kappa shape index (κ1) is 9.75. The van der Waals surface area contributed by atoms with Gasteiger partial charge in [0, 0.05) is 7.05 Å². The molecule has 2 nitrogen and oxygen atoms in total. The van der Waals surface area contributed by atoms with Crippen molar-refractivity contribution in [3.63, 3.8) is 0 Å². The van der Waals surface area contributed by atoms with Crippen LogP contribution in [0, 0.1) is 5.41 Å². The standard InChI is InChI=1S/C12H19NO/c1-8-6-11(3)10(14)13(5)12(11,4)7-9(8)2/h6-7H2,1-5H3/t11-,12-/m1/s1. The molecule has 2 atom stereocenters. The lowest BCUT2D eigenvalue weighted by Gasteiger charge is -2.64. The van der Waals surface area contributed by atoms with Gasteiger partial charge in [0.05, 0.1) is 11.0 Å². The Kier molecular flexibility index (Phi) is 1.68. The van der Waals surface area contributed by atoms with Gasteiger partial charge >= 0.3 is 0 Å². The first-order valence-electron chi connectivity index (χ1n) is 5.26. The number of amides is 1. The number of likely N-dealkylation sites (tertiary alicyclic amines) is 1. The minimum absolute atomic E-state index is 0.0632. The summed E-state index contributed by atoms with van der Waals surface area (Å²) in [6.45, 7) is 8.68. The summed E-state index contributed by atoms with van der Waals surface area (Å²) in [5.41, 5.74) is 2.80. The normalized spacial score (nSPS) is 42.4. The van der Waals surface area contributed by atoms with Gasteiger partial charge in [0.1, 0.15) is 0 Å². The van der Waals surface area contributed by atoms with Gasteiger partial charge < -0.3 is 4.90 Å². The average molecular weight is 193 g/mol. The number of allylic oxidation sites excluding steroid dienone is 1. The number of rotatable bonds is 0. The molecule has 0 aromatic heterocycles. The Morgan fingerprint density at radius 2 is 1.64 bits per heavy atom. The maximum absolute atomic E-state index is 11.9. The van der Waals surface area contributed by atoms with Crippen molar-refractivity contribution in [2.75, 3.05) is 7.05 Å². The molecule has 2 rings (SSSR count). The third-order valence-corrected chi connectivity index (χ3v) is 4.66. The predicted octanol–water partition coefficient (Wildman–Crippen LogP) is 2.35. The maximum atomic E-state index is 11.9. The van der Waals surface area contributed by atoms with E-state index in [2.05, 4.69) is 27.7 Å².